The number of nitrogens with zero attached hydrogens (tertiary/aromatic N) is 5. The zero-order chi connectivity index (χ0) is 11.5. The van der Waals surface area contributed by atoms with Crippen molar-refractivity contribution in [2.75, 3.05) is 0 Å². The second-order valence-corrected chi connectivity index (χ2v) is 3.90. The molecule has 2 rings (SSSR count). The van der Waals surface area contributed by atoms with Gasteiger partial charge in [-0.3, -0.25) is 5.10 Å². The number of H-pyrrole nitrogens is 1. The molecule has 0 fully saturated rings. The summed E-state index contributed by atoms with van der Waals surface area (Å²) >= 11 is 0. The molecule has 3 N–H and O–H groups in total. The Kier molecular flexibility index (Phi) is 2.95. The largest absolute Gasteiger partial charge is 0.321 e. The highest BCUT2D eigenvalue weighted by Gasteiger charge is 2.15. The van der Waals surface area contributed by atoms with E-state index in [1.807, 2.05) is 4.68 Å². The van der Waals surface area contributed by atoms with Crippen molar-refractivity contribution < 1.29 is 0 Å². The van der Waals surface area contributed by atoms with Crippen LogP contribution in [0, 0.1) is 0 Å². The van der Waals surface area contributed by atoms with Gasteiger partial charge in [0, 0.05) is 12.5 Å². The molecule has 16 heavy (non-hydrogen) atoms. The van der Waals surface area contributed by atoms with Crippen LogP contribution in [0.5, 0.6) is 0 Å². The zero-order valence-electron chi connectivity index (χ0n) is 9.33. The predicted molar refractivity (Wildman–Crippen MR) is 57.4 cm³/mol. The lowest BCUT2D eigenvalue weighted by atomic mass is 10.2. The minimum absolute atomic E-state index is 0.232. The van der Waals surface area contributed by atoms with Crippen LogP contribution >= 0.6 is 0 Å². The summed E-state index contributed by atoms with van der Waals surface area (Å²) in [4.78, 5) is 8.22. The highest BCUT2D eigenvalue weighted by atomic mass is 15.3. The summed E-state index contributed by atoms with van der Waals surface area (Å²) in [6.07, 6.45) is 3.58. The van der Waals surface area contributed by atoms with E-state index in [0.717, 1.165) is 5.82 Å². The standard InChI is InChI=1S/C9H15N7/c1-6(2)16-8(11-5-14-16)3-7(10)9-12-4-13-15-9/h4-7H,3,10H2,1-2H3,(H,12,13,15). The van der Waals surface area contributed by atoms with Gasteiger partial charge < -0.3 is 5.73 Å². The van der Waals surface area contributed by atoms with Crippen molar-refractivity contribution >= 4 is 0 Å². The maximum absolute atomic E-state index is 5.98. The van der Waals surface area contributed by atoms with Crippen LogP contribution in [-0.2, 0) is 6.42 Å². The predicted octanol–water partition coefficient (Wildman–Crippen LogP) is 0.220. The number of nitrogens with two attached hydrogens (primary N) is 1. The molecule has 2 aromatic heterocycles. The van der Waals surface area contributed by atoms with Crippen LogP contribution in [0.2, 0.25) is 0 Å². The molecule has 0 radical (unpaired) electrons. The van der Waals surface area contributed by atoms with E-state index in [0.29, 0.717) is 12.2 Å². The maximum atomic E-state index is 5.98. The first kappa shape index (κ1) is 10.7. The molecule has 0 aliphatic heterocycles. The summed E-state index contributed by atoms with van der Waals surface area (Å²) in [6.45, 7) is 4.11. The Hall–Kier alpha value is -1.76. The van der Waals surface area contributed by atoms with Crippen LogP contribution in [0.1, 0.15) is 37.6 Å². The number of aromatic nitrogens is 6. The molecule has 2 aromatic rings. The van der Waals surface area contributed by atoms with Crippen molar-refractivity contribution in [3.8, 4) is 0 Å². The summed E-state index contributed by atoms with van der Waals surface area (Å²) in [5.41, 5.74) is 5.98. The normalized spacial score (nSPS) is 13.2. The molecular formula is C9H15N7. The lowest BCUT2D eigenvalue weighted by Crippen LogP contribution is -2.19. The van der Waals surface area contributed by atoms with Crippen LogP contribution in [0.15, 0.2) is 12.7 Å². The minimum Gasteiger partial charge on any atom is -0.321 e. The molecule has 1 atom stereocenters. The first-order valence-corrected chi connectivity index (χ1v) is 5.17. The smallest absolute Gasteiger partial charge is 0.141 e. The van der Waals surface area contributed by atoms with E-state index in [9.17, 15) is 0 Å². The van der Waals surface area contributed by atoms with E-state index in [1.54, 1.807) is 6.33 Å². The molecule has 7 heteroatoms. The molecule has 0 spiro atoms. The third-order valence-corrected chi connectivity index (χ3v) is 2.32. The SMILES string of the molecule is CC(C)n1ncnc1CC(N)c1ncn[nH]1. The Bertz CT molecular complexity index is 430. The molecule has 0 bridgehead atoms. The molecule has 2 heterocycles. The number of rotatable bonds is 4. The average Bonchev–Trinajstić information content (AvgIpc) is 2.86. The fourth-order valence-electron chi connectivity index (χ4n) is 1.54. The van der Waals surface area contributed by atoms with Gasteiger partial charge in [-0.1, -0.05) is 0 Å². The highest BCUT2D eigenvalue weighted by molar-refractivity contribution is 4.98. The second-order valence-electron chi connectivity index (χ2n) is 3.90. The summed E-state index contributed by atoms with van der Waals surface area (Å²) in [5.74, 6) is 1.53. The van der Waals surface area contributed by atoms with Crippen molar-refractivity contribution in [1.29, 1.82) is 0 Å². The number of hydrogen-bond acceptors (Lipinski definition) is 5. The van der Waals surface area contributed by atoms with Crippen LogP contribution in [0.25, 0.3) is 0 Å². The van der Waals surface area contributed by atoms with Gasteiger partial charge >= 0.3 is 0 Å². The molecule has 0 aliphatic carbocycles. The van der Waals surface area contributed by atoms with E-state index < -0.39 is 0 Å². The molecule has 0 aromatic carbocycles. The lowest BCUT2D eigenvalue weighted by molar-refractivity contribution is 0.490. The first-order valence-electron chi connectivity index (χ1n) is 5.17. The van der Waals surface area contributed by atoms with Gasteiger partial charge in [0.05, 0.1) is 6.04 Å². The van der Waals surface area contributed by atoms with E-state index >= 15 is 0 Å². The van der Waals surface area contributed by atoms with E-state index in [2.05, 4.69) is 39.1 Å². The van der Waals surface area contributed by atoms with Gasteiger partial charge in [-0.15, -0.1) is 0 Å². The quantitative estimate of drug-likeness (QED) is 0.769. The Balaban J connectivity index is 2.12. The van der Waals surface area contributed by atoms with Gasteiger partial charge in [-0.05, 0) is 13.8 Å². The molecule has 1 unspecified atom stereocenters. The average molecular weight is 221 g/mol. The van der Waals surface area contributed by atoms with Crippen molar-refractivity contribution in [3.63, 3.8) is 0 Å². The molecule has 7 nitrogen and oxygen atoms in total. The Labute approximate surface area is 93.1 Å². The third-order valence-electron chi connectivity index (χ3n) is 2.32. The van der Waals surface area contributed by atoms with Crippen molar-refractivity contribution in [2.45, 2.75) is 32.4 Å². The lowest BCUT2D eigenvalue weighted by Gasteiger charge is -2.11. The summed E-state index contributed by atoms with van der Waals surface area (Å²) < 4.78 is 1.86. The minimum atomic E-state index is -0.232. The van der Waals surface area contributed by atoms with Crippen LogP contribution in [0.4, 0.5) is 0 Å². The Morgan fingerprint density at radius 3 is 2.81 bits per heavy atom. The highest BCUT2D eigenvalue weighted by Crippen LogP contribution is 2.12. The van der Waals surface area contributed by atoms with E-state index in [1.165, 1.54) is 6.33 Å². The molecule has 0 saturated heterocycles. The fraction of sp³-hybridized carbons (Fsp3) is 0.556. The molecule has 0 amide bonds. The zero-order valence-corrected chi connectivity index (χ0v) is 9.33. The third kappa shape index (κ3) is 2.08. The Morgan fingerprint density at radius 2 is 2.19 bits per heavy atom. The number of nitrogens with one attached hydrogen (secondary N) is 1. The van der Waals surface area contributed by atoms with E-state index in [4.69, 9.17) is 5.73 Å². The first-order chi connectivity index (χ1) is 7.68. The van der Waals surface area contributed by atoms with Crippen molar-refractivity contribution in [2.24, 2.45) is 5.73 Å². The number of hydrogen-bond donors (Lipinski definition) is 2. The fourth-order valence-corrected chi connectivity index (χ4v) is 1.54. The molecular weight excluding hydrogens is 206 g/mol. The van der Waals surface area contributed by atoms with Gasteiger partial charge in [-0.2, -0.15) is 10.2 Å². The second kappa shape index (κ2) is 4.40. The van der Waals surface area contributed by atoms with Gasteiger partial charge in [0.2, 0.25) is 0 Å². The molecule has 86 valence electrons. The summed E-state index contributed by atoms with van der Waals surface area (Å²) in [5, 5.41) is 10.7. The molecule has 0 aliphatic rings. The summed E-state index contributed by atoms with van der Waals surface area (Å²) in [6, 6.07) is 0.0450. The van der Waals surface area contributed by atoms with Crippen molar-refractivity contribution in [1.82, 2.24) is 29.9 Å². The maximum Gasteiger partial charge on any atom is 0.141 e. The van der Waals surface area contributed by atoms with Crippen LogP contribution in [0.3, 0.4) is 0 Å². The van der Waals surface area contributed by atoms with E-state index in [-0.39, 0.29) is 12.1 Å². The monoisotopic (exact) mass is 221 g/mol. The topological polar surface area (TPSA) is 98.3 Å². The molecule has 0 saturated carbocycles. The Morgan fingerprint density at radius 1 is 1.38 bits per heavy atom. The van der Waals surface area contributed by atoms with Gasteiger partial charge in [-0.25, -0.2) is 14.6 Å². The number of aromatic amines is 1. The van der Waals surface area contributed by atoms with Crippen LogP contribution in [-0.4, -0.2) is 29.9 Å². The summed E-state index contributed by atoms with van der Waals surface area (Å²) in [7, 11) is 0. The van der Waals surface area contributed by atoms with Crippen molar-refractivity contribution in [3.05, 3.63) is 24.3 Å². The van der Waals surface area contributed by atoms with Gasteiger partial charge in [0.1, 0.15) is 24.3 Å². The van der Waals surface area contributed by atoms with Gasteiger partial charge in [0.15, 0.2) is 0 Å². The van der Waals surface area contributed by atoms with Gasteiger partial charge in [0.25, 0.3) is 0 Å². The van der Waals surface area contributed by atoms with Crippen LogP contribution < -0.4 is 5.73 Å².